The molecule has 1 aromatic rings. The van der Waals surface area contributed by atoms with Crippen molar-refractivity contribution in [2.75, 3.05) is 46.4 Å². The molecule has 0 bridgehead atoms. The Morgan fingerprint density at radius 2 is 2.00 bits per heavy atom. The van der Waals surface area contributed by atoms with Crippen molar-refractivity contribution in [3.05, 3.63) is 29.3 Å². The van der Waals surface area contributed by atoms with Gasteiger partial charge >= 0.3 is 0 Å². The molecule has 0 unspecified atom stereocenters. The summed E-state index contributed by atoms with van der Waals surface area (Å²) < 4.78 is 32.0. The predicted octanol–water partition coefficient (Wildman–Crippen LogP) is 1.38. The molecule has 0 saturated carbocycles. The molecule has 1 aromatic carbocycles. The van der Waals surface area contributed by atoms with Gasteiger partial charge in [0.05, 0.1) is 11.5 Å². The van der Waals surface area contributed by atoms with E-state index in [1.54, 1.807) is 6.07 Å². The Balaban J connectivity index is 1.99. The molecule has 7 nitrogen and oxygen atoms in total. The summed E-state index contributed by atoms with van der Waals surface area (Å²) in [6.07, 6.45) is 2.15. The van der Waals surface area contributed by atoms with Crippen LogP contribution in [0.2, 0.25) is 0 Å². The molecule has 0 aliphatic carbocycles. The van der Waals surface area contributed by atoms with Gasteiger partial charge in [-0.2, -0.15) is 0 Å². The highest BCUT2D eigenvalue weighted by atomic mass is 32.2. The van der Waals surface area contributed by atoms with Gasteiger partial charge in [-0.1, -0.05) is 13.0 Å². The summed E-state index contributed by atoms with van der Waals surface area (Å²) in [5, 5.41) is 2.98. The molecule has 8 heteroatoms. The van der Waals surface area contributed by atoms with Crippen LogP contribution in [0.15, 0.2) is 23.1 Å². The third-order valence-corrected chi connectivity index (χ3v) is 6.53. The molecule has 152 valence electrons. The summed E-state index contributed by atoms with van der Waals surface area (Å²) in [7, 11) is -2.16. The van der Waals surface area contributed by atoms with Gasteiger partial charge in [-0.3, -0.25) is 4.79 Å². The van der Waals surface area contributed by atoms with Crippen LogP contribution < -0.4 is 10.0 Å². The number of amides is 1. The Morgan fingerprint density at radius 3 is 2.63 bits per heavy atom. The van der Waals surface area contributed by atoms with Crippen molar-refractivity contribution in [2.45, 2.75) is 31.6 Å². The number of hydrogen-bond donors (Lipinski definition) is 2. The summed E-state index contributed by atoms with van der Waals surface area (Å²) in [4.78, 5) is 15.1. The van der Waals surface area contributed by atoms with Crippen LogP contribution in [-0.4, -0.2) is 65.7 Å². The minimum absolute atomic E-state index is 0.0885. The molecular weight excluding hydrogens is 366 g/mol. The third kappa shape index (κ3) is 6.27. The molecule has 0 spiro atoms. The van der Waals surface area contributed by atoms with Gasteiger partial charge in [0.2, 0.25) is 10.0 Å². The lowest BCUT2D eigenvalue weighted by Crippen LogP contribution is -2.38. The fourth-order valence-electron chi connectivity index (χ4n) is 3.21. The van der Waals surface area contributed by atoms with Crippen molar-refractivity contribution < 1.29 is 17.9 Å². The van der Waals surface area contributed by atoms with E-state index in [0.717, 1.165) is 38.0 Å². The Bertz CT molecular complexity index is 728. The van der Waals surface area contributed by atoms with E-state index in [2.05, 4.69) is 21.9 Å². The molecule has 2 N–H and O–H groups in total. The number of likely N-dealkylation sites (tertiary alicyclic amines) is 1. The van der Waals surface area contributed by atoms with Crippen LogP contribution in [0.5, 0.6) is 0 Å². The maximum atomic E-state index is 12.6. The topological polar surface area (TPSA) is 87.7 Å². The van der Waals surface area contributed by atoms with Gasteiger partial charge in [0.1, 0.15) is 0 Å². The van der Waals surface area contributed by atoms with E-state index >= 15 is 0 Å². The SMILES string of the molecule is CCN1CCC(CNC(=O)c2cc(S(=O)(=O)NCCOC)ccc2C)CC1. The summed E-state index contributed by atoms with van der Waals surface area (Å²) in [5.74, 6) is 0.249. The van der Waals surface area contributed by atoms with Gasteiger partial charge in [-0.15, -0.1) is 0 Å². The Labute approximate surface area is 162 Å². The molecule has 0 aromatic heterocycles. The van der Waals surface area contributed by atoms with Crippen molar-refractivity contribution in [3.8, 4) is 0 Å². The van der Waals surface area contributed by atoms with Crippen LogP contribution in [0, 0.1) is 12.8 Å². The smallest absolute Gasteiger partial charge is 0.251 e. The molecule has 0 radical (unpaired) electrons. The number of aryl methyl sites for hydroxylation is 1. The van der Waals surface area contributed by atoms with Gasteiger partial charge < -0.3 is 15.0 Å². The van der Waals surface area contributed by atoms with E-state index in [9.17, 15) is 13.2 Å². The van der Waals surface area contributed by atoms with Crippen LogP contribution in [0.3, 0.4) is 0 Å². The lowest BCUT2D eigenvalue weighted by atomic mass is 9.96. The maximum absolute atomic E-state index is 12.6. The number of nitrogens with one attached hydrogen (secondary N) is 2. The predicted molar refractivity (Wildman–Crippen MR) is 105 cm³/mol. The zero-order valence-corrected chi connectivity index (χ0v) is 17.3. The number of sulfonamides is 1. The lowest BCUT2D eigenvalue weighted by molar-refractivity contribution is 0.0936. The first-order valence-corrected chi connectivity index (χ1v) is 11.0. The maximum Gasteiger partial charge on any atom is 0.251 e. The molecule has 27 heavy (non-hydrogen) atoms. The number of hydrogen-bond acceptors (Lipinski definition) is 5. The number of nitrogens with zero attached hydrogens (tertiary/aromatic N) is 1. The van der Waals surface area contributed by atoms with Gasteiger partial charge in [0.25, 0.3) is 5.91 Å². The van der Waals surface area contributed by atoms with E-state index in [0.29, 0.717) is 18.0 Å². The normalized spacial score (nSPS) is 16.4. The molecule has 1 fully saturated rings. The molecular formula is C19H31N3O4S. The fraction of sp³-hybridized carbons (Fsp3) is 0.632. The molecule has 1 aliphatic rings. The van der Waals surface area contributed by atoms with E-state index in [1.165, 1.54) is 19.2 Å². The van der Waals surface area contributed by atoms with Gasteiger partial charge in [-0.05, 0) is 63.0 Å². The fourth-order valence-corrected chi connectivity index (χ4v) is 4.25. The zero-order chi connectivity index (χ0) is 19.9. The summed E-state index contributed by atoms with van der Waals surface area (Å²) in [6.45, 7) is 8.27. The second-order valence-corrected chi connectivity index (χ2v) is 8.72. The van der Waals surface area contributed by atoms with E-state index in [1.807, 2.05) is 6.92 Å². The summed E-state index contributed by atoms with van der Waals surface area (Å²) in [6, 6.07) is 4.63. The van der Waals surface area contributed by atoms with Gasteiger partial charge in [0.15, 0.2) is 0 Å². The molecule has 1 saturated heterocycles. The quantitative estimate of drug-likeness (QED) is 0.615. The van der Waals surface area contributed by atoms with E-state index in [-0.39, 0.29) is 24.0 Å². The molecule has 1 aliphatic heterocycles. The van der Waals surface area contributed by atoms with E-state index in [4.69, 9.17) is 4.74 Å². The number of rotatable bonds is 9. The average molecular weight is 398 g/mol. The van der Waals surface area contributed by atoms with Crippen molar-refractivity contribution in [2.24, 2.45) is 5.92 Å². The number of carbonyl (C=O) groups is 1. The highest BCUT2D eigenvalue weighted by molar-refractivity contribution is 7.89. The minimum atomic E-state index is -3.67. The van der Waals surface area contributed by atoms with Crippen molar-refractivity contribution >= 4 is 15.9 Å². The summed E-state index contributed by atoms with van der Waals surface area (Å²) in [5.41, 5.74) is 1.15. The number of benzene rings is 1. The highest BCUT2D eigenvalue weighted by Crippen LogP contribution is 2.18. The Kier molecular flexibility index (Phi) is 8.22. The van der Waals surface area contributed by atoms with Gasteiger partial charge in [0, 0.05) is 25.8 Å². The first kappa shape index (κ1) is 21.8. The Hall–Kier alpha value is -1.48. The van der Waals surface area contributed by atoms with Crippen LogP contribution in [0.1, 0.15) is 35.7 Å². The number of ether oxygens (including phenoxy) is 1. The number of piperidine rings is 1. The van der Waals surface area contributed by atoms with Crippen molar-refractivity contribution in [1.29, 1.82) is 0 Å². The monoisotopic (exact) mass is 397 g/mol. The molecule has 1 heterocycles. The van der Waals surface area contributed by atoms with Gasteiger partial charge in [-0.25, -0.2) is 13.1 Å². The third-order valence-electron chi connectivity index (χ3n) is 5.07. The van der Waals surface area contributed by atoms with E-state index < -0.39 is 10.0 Å². The molecule has 1 amide bonds. The van der Waals surface area contributed by atoms with Crippen molar-refractivity contribution in [1.82, 2.24) is 14.9 Å². The second kappa shape index (κ2) is 10.2. The van der Waals surface area contributed by atoms with Crippen LogP contribution in [-0.2, 0) is 14.8 Å². The average Bonchev–Trinajstić information content (AvgIpc) is 2.66. The highest BCUT2D eigenvalue weighted by Gasteiger charge is 2.21. The first-order chi connectivity index (χ1) is 12.9. The lowest BCUT2D eigenvalue weighted by Gasteiger charge is -2.31. The standard InChI is InChI=1S/C19H31N3O4S/c1-4-22-10-7-16(8-11-22)14-20-19(23)18-13-17(6-5-15(18)2)27(24,25)21-9-12-26-3/h5-6,13,16,21H,4,7-12,14H2,1-3H3,(H,20,23). The first-order valence-electron chi connectivity index (χ1n) is 9.47. The largest absolute Gasteiger partial charge is 0.383 e. The molecule has 2 rings (SSSR count). The second-order valence-electron chi connectivity index (χ2n) is 6.95. The molecule has 0 atom stereocenters. The zero-order valence-electron chi connectivity index (χ0n) is 16.5. The summed E-state index contributed by atoms with van der Waals surface area (Å²) >= 11 is 0. The van der Waals surface area contributed by atoms with Crippen LogP contribution in [0.25, 0.3) is 0 Å². The number of carbonyl (C=O) groups excluding carboxylic acids is 1. The van der Waals surface area contributed by atoms with Crippen LogP contribution >= 0.6 is 0 Å². The van der Waals surface area contributed by atoms with Crippen LogP contribution in [0.4, 0.5) is 0 Å². The minimum Gasteiger partial charge on any atom is -0.383 e. The van der Waals surface area contributed by atoms with Crippen molar-refractivity contribution in [3.63, 3.8) is 0 Å². The Morgan fingerprint density at radius 1 is 1.30 bits per heavy atom. The number of methoxy groups -OCH3 is 1.